The Labute approximate surface area is 179 Å². The molecule has 0 N–H and O–H groups in total. The predicted molar refractivity (Wildman–Crippen MR) is 122 cm³/mol. The molecule has 0 atom stereocenters. The quantitative estimate of drug-likeness (QED) is 0.132. The number of rotatable bonds is 19. The molecule has 0 bridgehead atoms. The zero-order valence-corrected chi connectivity index (χ0v) is 19.1. The number of carbonyl (C=O) groups is 1. The van der Waals surface area contributed by atoms with E-state index in [1.165, 1.54) is 89.9 Å². The second-order valence-corrected chi connectivity index (χ2v) is 8.37. The van der Waals surface area contributed by atoms with Gasteiger partial charge in [0.25, 0.3) is 0 Å². The first-order valence-electron chi connectivity index (χ1n) is 12.1. The molecule has 0 saturated carbocycles. The van der Waals surface area contributed by atoms with Crippen molar-refractivity contribution in [2.45, 2.75) is 117 Å². The van der Waals surface area contributed by atoms with Gasteiger partial charge in [-0.3, -0.25) is 4.89 Å². The predicted octanol–water partition coefficient (Wildman–Crippen LogP) is 8.34. The number of hydrogen-bond acceptors (Lipinski definition) is 3. The zero-order chi connectivity index (χ0) is 21.0. The molecule has 166 valence electrons. The molecule has 0 heterocycles. The normalized spacial score (nSPS) is 11.0. The Bertz CT molecular complexity index is 512. The average Bonchev–Trinajstić information content (AvgIpc) is 2.72. The second kappa shape index (κ2) is 18.7. The summed E-state index contributed by atoms with van der Waals surface area (Å²) >= 11 is 0. The maximum absolute atomic E-state index is 11.8. The van der Waals surface area contributed by atoms with Gasteiger partial charge in [0, 0.05) is 0 Å². The van der Waals surface area contributed by atoms with Gasteiger partial charge in [-0.15, -0.1) is 0 Å². The van der Waals surface area contributed by atoms with Crippen molar-refractivity contribution in [1.29, 1.82) is 0 Å². The van der Waals surface area contributed by atoms with Gasteiger partial charge >= 0.3 is 5.97 Å². The average molecular weight is 405 g/mol. The molecule has 0 amide bonds. The molecule has 0 spiro atoms. The maximum Gasteiger partial charge on any atom is 0.373 e. The van der Waals surface area contributed by atoms with E-state index < -0.39 is 5.97 Å². The van der Waals surface area contributed by atoms with Crippen LogP contribution >= 0.6 is 0 Å². The van der Waals surface area contributed by atoms with Crippen LogP contribution in [0.25, 0.3) is 0 Å². The van der Waals surface area contributed by atoms with Crippen LogP contribution in [-0.4, -0.2) is 12.6 Å². The van der Waals surface area contributed by atoms with Crippen LogP contribution in [0.15, 0.2) is 24.3 Å². The first-order chi connectivity index (χ1) is 14.2. The third-order valence-corrected chi connectivity index (χ3v) is 5.47. The largest absolute Gasteiger partial charge is 0.373 e. The molecule has 29 heavy (non-hydrogen) atoms. The first kappa shape index (κ1) is 25.7. The van der Waals surface area contributed by atoms with Crippen LogP contribution in [0.5, 0.6) is 0 Å². The summed E-state index contributed by atoms with van der Waals surface area (Å²) in [6, 6.07) is 7.35. The van der Waals surface area contributed by atoms with Gasteiger partial charge in [-0.1, -0.05) is 121 Å². The van der Waals surface area contributed by atoms with E-state index in [4.69, 9.17) is 9.78 Å². The van der Waals surface area contributed by atoms with E-state index in [0.717, 1.165) is 18.4 Å². The third kappa shape index (κ3) is 15.2. The van der Waals surface area contributed by atoms with E-state index in [0.29, 0.717) is 12.2 Å². The summed E-state index contributed by atoms with van der Waals surface area (Å²) in [5.74, 6) is -0.412. The van der Waals surface area contributed by atoms with E-state index in [1.807, 2.05) is 19.1 Å². The maximum atomic E-state index is 11.8. The molecule has 1 aromatic rings. The number of aryl methyl sites for hydroxylation is 1. The Balaban J connectivity index is 1.77. The van der Waals surface area contributed by atoms with E-state index >= 15 is 0 Å². The Morgan fingerprint density at radius 3 is 1.69 bits per heavy atom. The summed E-state index contributed by atoms with van der Waals surface area (Å²) in [6.45, 7) is 4.71. The Kier molecular flexibility index (Phi) is 16.5. The summed E-state index contributed by atoms with van der Waals surface area (Å²) in [5.41, 5.74) is 1.58. The lowest BCUT2D eigenvalue weighted by molar-refractivity contribution is -0.241. The number of carbonyl (C=O) groups excluding carboxylic acids is 1. The second-order valence-electron chi connectivity index (χ2n) is 8.37. The zero-order valence-electron chi connectivity index (χ0n) is 19.1. The highest BCUT2D eigenvalue weighted by molar-refractivity contribution is 5.89. The minimum Gasteiger partial charge on any atom is -0.293 e. The molecule has 0 saturated heterocycles. The summed E-state index contributed by atoms with van der Waals surface area (Å²) in [4.78, 5) is 21.7. The molecular formula is C26H44O3. The van der Waals surface area contributed by atoms with Crippen molar-refractivity contribution >= 4 is 5.97 Å². The minimum absolute atomic E-state index is 0.412. The molecule has 0 aromatic heterocycles. The number of hydrogen-bond donors (Lipinski definition) is 0. The molecule has 0 unspecified atom stereocenters. The van der Waals surface area contributed by atoms with Crippen molar-refractivity contribution in [3.8, 4) is 0 Å². The van der Waals surface area contributed by atoms with E-state index in [9.17, 15) is 4.79 Å². The molecule has 1 aromatic carbocycles. The van der Waals surface area contributed by atoms with E-state index in [2.05, 4.69) is 6.92 Å². The smallest absolute Gasteiger partial charge is 0.293 e. The molecular weight excluding hydrogens is 360 g/mol. The van der Waals surface area contributed by atoms with Crippen LogP contribution in [0.4, 0.5) is 0 Å². The highest BCUT2D eigenvalue weighted by Crippen LogP contribution is 2.14. The van der Waals surface area contributed by atoms with Gasteiger partial charge in [0.05, 0.1) is 12.2 Å². The summed E-state index contributed by atoms with van der Waals surface area (Å²) in [5, 5.41) is 0. The standard InChI is InChI=1S/C26H44O3/c1-3-4-5-6-7-8-9-10-11-12-13-14-15-16-17-18-22-28-29-26(27)25-21-19-20-24(2)23-25/h19-21,23H,3-18,22H2,1-2H3. The number of benzene rings is 1. The van der Waals surface area contributed by atoms with Crippen molar-refractivity contribution in [1.82, 2.24) is 0 Å². The third-order valence-electron chi connectivity index (χ3n) is 5.47. The van der Waals surface area contributed by atoms with Crippen LogP contribution in [-0.2, 0) is 9.78 Å². The van der Waals surface area contributed by atoms with E-state index in [1.54, 1.807) is 12.1 Å². The molecule has 0 aliphatic carbocycles. The molecule has 0 aliphatic heterocycles. The van der Waals surface area contributed by atoms with Gasteiger partial charge < -0.3 is 0 Å². The summed E-state index contributed by atoms with van der Waals surface area (Å²) in [7, 11) is 0. The van der Waals surface area contributed by atoms with Crippen molar-refractivity contribution in [3.05, 3.63) is 35.4 Å². The van der Waals surface area contributed by atoms with Gasteiger partial charge in [-0.25, -0.2) is 4.79 Å². The fourth-order valence-electron chi connectivity index (χ4n) is 3.62. The first-order valence-corrected chi connectivity index (χ1v) is 12.1. The van der Waals surface area contributed by atoms with Gasteiger partial charge in [0.1, 0.15) is 0 Å². The summed E-state index contributed by atoms with van der Waals surface area (Å²) < 4.78 is 0. The van der Waals surface area contributed by atoms with Crippen LogP contribution in [0.1, 0.15) is 126 Å². The monoisotopic (exact) mass is 404 g/mol. The van der Waals surface area contributed by atoms with Crippen LogP contribution in [0, 0.1) is 6.92 Å². The fourth-order valence-corrected chi connectivity index (χ4v) is 3.62. The van der Waals surface area contributed by atoms with Crippen molar-refractivity contribution in [2.24, 2.45) is 0 Å². The fraction of sp³-hybridized carbons (Fsp3) is 0.731. The topological polar surface area (TPSA) is 35.5 Å². The van der Waals surface area contributed by atoms with Gasteiger partial charge in [-0.2, -0.15) is 4.89 Å². The lowest BCUT2D eigenvalue weighted by atomic mass is 10.0. The van der Waals surface area contributed by atoms with Crippen LogP contribution < -0.4 is 0 Å². The molecule has 1 rings (SSSR count). The Morgan fingerprint density at radius 1 is 0.724 bits per heavy atom. The summed E-state index contributed by atoms with van der Waals surface area (Å²) in [6.07, 6.45) is 21.5. The van der Waals surface area contributed by atoms with Gasteiger partial charge in [-0.05, 0) is 25.5 Å². The lowest BCUT2D eigenvalue weighted by Crippen LogP contribution is -2.07. The molecule has 0 fully saturated rings. The van der Waals surface area contributed by atoms with Crippen LogP contribution in [0.2, 0.25) is 0 Å². The van der Waals surface area contributed by atoms with E-state index in [-0.39, 0.29) is 0 Å². The number of unbranched alkanes of at least 4 members (excludes halogenated alkanes) is 15. The molecule has 0 radical (unpaired) electrons. The van der Waals surface area contributed by atoms with Crippen molar-refractivity contribution in [2.75, 3.05) is 6.61 Å². The molecule has 3 nitrogen and oxygen atoms in total. The highest BCUT2D eigenvalue weighted by atomic mass is 17.2. The minimum atomic E-state index is -0.412. The van der Waals surface area contributed by atoms with Crippen molar-refractivity contribution < 1.29 is 14.6 Å². The van der Waals surface area contributed by atoms with Crippen LogP contribution in [0.3, 0.4) is 0 Å². The Hall–Kier alpha value is -1.35. The molecule has 3 heteroatoms. The van der Waals surface area contributed by atoms with Gasteiger partial charge in [0.15, 0.2) is 0 Å². The lowest BCUT2D eigenvalue weighted by Gasteiger charge is -2.05. The van der Waals surface area contributed by atoms with Gasteiger partial charge in [0.2, 0.25) is 0 Å². The SMILES string of the molecule is CCCCCCCCCCCCCCCCCCOOC(=O)c1cccc(C)c1. The molecule has 0 aliphatic rings. The van der Waals surface area contributed by atoms with Crippen molar-refractivity contribution in [3.63, 3.8) is 0 Å². The highest BCUT2D eigenvalue weighted by Gasteiger charge is 2.07. The Morgan fingerprint density at radius 2 is 1.21 bits per heavy atom.